The molecule has 0 aliphatic rings. The van der Waals surface area contributed by atoms with Gasteiger partial charge in [0.1, 0.15) is 0 Å². The van der Waals surface area contributed by atoms with E-state index in [-0.39, 0.29) is 5.25 Å². The lowest BCUT2D eigenvalue weighted by molar-refractivity contribution is 0.0329. The van der Waals surface area contributed by atoms with Crippen molar-refractivity contribution in [3.8, 4) is 0 Å². The second kappa shape index (κ2) is 6.53. The van der Waals surface area contributed by atoms with Crippen LogP contribution < -0.4 is 5.32 Å². The van der Waals surface area contributed by atoms with Gasteiger partial charge in [0.05, 0.1) is 5.60 Å². The van der Waals surface area contributed by atoms with Gasteiger partial charge in [0.25, 0.3) is 0 Å². The van der Waals surface area contributed by atoms with Gasteiger partial charge in [0.2, 0.25) is 0 Å². The van der Waals surface area contributed by atoms with E-state index >= 15 is 0 Å². The molecule has 0 bridgehead atoms. The molecular weight excluding hydrogens is 198 g/mol. The molecule has 3 nitrogen and oxygen atoms in total. The third kappa shape index (κ3) is 5.08. The molecular formula is C10H23NO2S. The van der Waals surface area contributed by atoms with Crippen LogP contribution in [0.4, 0.5) is 0 Å². The third-order valence-corrected chi connectivity index (χ3v) is 4.07. The summed E-state index contributed by atoms with van der Waals surface area (Å²) in [5.74, 6) is 0. The van der Waals surface area contributed by atoms with Crippen LogP contribution in [0.1, 0.15) is 33.6 Å². The molecule has 0 aliphatic heterocycles. The highest BCUT2D eigenvalue weighted by Crippen LogP contribution is 2.12. The summed E-state index contributed by atoms with van der Waals surface area (Å²) in [7, 11) is -0.787. The van der Waals surface area contributed by atoms with Crippen LogP contribution in [0.25, 0.3) is 0 Å². The van der Waals surface area contributed by atoms with Crippen LogP contribution in [0.15, 0.2) is 0 Å². The molecule has 86 valence electrons. The van der Waals surface area contributed by atoms with Crippen molar-refractivity contribution in [3.05, 3.63) is 0 Å². The second-order valence-electron chi connectivity index (χ2n) is 3.87. The van der Waals surface area contributed by atoms with E-state index in [1.54, 1.807) is 6.26 Å². The van der Waals surface area contributed by atoms with Crippen molar-refractivity contribution >= 4 is 10.8 Å². The summed E-state index contributed by atoms with van der Waals surface area (Å²) in [5, 5.41) is 13.3. The largest absolute Gasteiger partial charge is 0.389 e. The molecule has 0 heterocycles. The van der Waals surface area contributed by atoms with Gasteiger partial charge in [-0.2, -0.15) is 0 Å². The van der Waals surface area contributed by atoms with Gasteiger partial charge in [0.15, 0.2) is 0 Å². The van der Waals surface area contributed by atoms with Gasteiger partial charge in [-0.1, -0.05) is 13.8 Å². The molecule has 0 aliphatic carbocycles. The van der Waals surface area contributed by atoms with Crippen molar-refractivity contribution in [3.63, 3.8) is 0 Å². The van der Waals surface area contributed by atoms with Gasteiger partial charge in [-0.3, -0.25) is 4.21 Å². The summed E-state index contributed by atoms with van der Waals surface area (Å²) in [6.07, 6.45) is 3.21. The highest BCUT2D eigenvalue weighted by atomic mass is 32.2. The fourth-order valence-electron chi connectivity index (χ4n) is 1.13. The molecule has 4 heteroatoms. The Morgan fingerprint density at radius 2 is 1.93 bits per heavy atom. The number of aliphatic hydroxyl groups is 1. The third-order valence-electron chi connectivity index (χ3n) is 2.77. The van der Waals surface area contributed by atoms with Crippen molar-refractivity contribution in [2.45, 2.75) is 44.5 Å². The van der Waals surface area contributed by atoms with E-state index in [4.69, 9.17) is 0 Å². The van der Waals surface area contributed by atoms with Gasteiger partial charge in [-0.05, 0) is 19.8 Å². The molecule has 0 rings (SSSR count). The first-order valence-electron chi connectivity index (χ1n) is 5.20. The van der Waals surface area contributed by atoms with Crippen LogP contribution in [-0.2, 0) is 10.8 Å². The number of nitrogens with one attached hydrogen (secondary N) is 1. The summed E-state index contributed by atoms with van der Waals surface area (Å²) < 4.78 is 11.0. The molecule has 0 aromatic rings. The molecule has 0 radical (unpaired) electrons. The van der Waals surface area contributed by atoms with E-state index < -0.39 is 16.4 Å². The van der Waals surface area contributed by atoms with Gasteiger partial charge < -0.3 is 10.4 Å². The highest BCUT2D eigenvalue weighted by molar-refractivity contribution is 7.84. The van der Waals surface area contributed by atoms with Gasteiger partial charge in [0, 0.05) is 35.4 Å². The minimum absolute atomic E-state index is 0.146. The van der Waals surface area contributed by atoms with Gasteiger partial charge in [-0.15, -0.1) is 0 Å². The zero-order valence-corrected chi connectivity index (χ0v) is 10.5. The lowest BCUT2D eigenvalue weighted by Gasteiger charge is -2.26. The fraction of sp³-hybridized carbons (Fsp3) is 1.00. The first kappa shape index (κ1) is 14.1. The van der Waals surface area contributed by atoms with Crippen LogP contribution in [0.5, 0.6) is 0 Å². The number of rotatable bonds is 7. The highest BCUT2D eigenvalue weighted by Gasteiger charge is 2.21. The molecule has 2 unspecified atom stereocenters. The van der Waals surface area contributed by atoms with Crippen LogP contribution in [-0.4, -0.2) is 39.5 Å². The van der Waals surface area contributed by atoms with E-state index in [1.165, 1.54) is 0 Å². The van der Waals surface area contributed by atoms with E-state index in [2.05, 4.69) is 5.32 Å². The van der Waals surface area contributed by atoms with Crippen molar-refractivity contribution in [1.82, 2.24) is 5.32 Å². The van der Waals surface area contributed by atoms with Crippen LogP contribution in [0, 0.1) is 0 Å². The predicted molar refractivity (Wildman–Crippen MR) is 61.9 cm³/mol. The Hall–Kier alpha value is 0.0700. The maximum atomic E-state index is 11.0. The Morgan fingerprint density at radius 1 is 1.43 bits per heavy atom. The van der Waals surface area contributed by atoms with Crippen molar-refractivity contribution in [2.75, 3.05) is 19.3 Å². The molecule has 0 saturated carbocycles. The Morgan fingerprint density at radius 3 is 2.29 bits per heavy atom. The Balaban J connectivity index is 3.77. The van der Waals surface area contributed by atoms with Crippen molar-refractivity contribution < 1.29 is 9.32 Å². The summed E-state index contributed by atoms with van der Waals surface area (Å²) in [4.78, 5) is 0. The molecule has 0 fully saturated rings. The smallest absolute Gasteiger partial charge is 0.0766 e. The quantitative estimate of drug-likeness (QED) is 0.671. The monoisotopic (exact) mass is 221 g/mol. The molecule has 0 amide bonds. The molecule has 0 aromatic heterocycles. The van der Waals surface area contributed by atoms with E-state index in [0.29, 0.717) is 13.1 Å². The predicted octanol–water partition coefficient (Wildman–Crippen LogP) is 0.894. The topological polar surface area (TPSA) is 49.3 Å². The molecule has 0 aromatic carbocycles. The second-order valence-corrected chi connectivity index (χ2v) is 5.67. The van der Waals surface area contributed by atoms with Crippen LogP contribution >= 0.6 is 0 Å². The first-order chi connectivity index (χ1) is 6.45. The van der Waals surface area contributed by atoms with Crippen LogP contribution in [0.2, 0.25) is 0 Å². The zero-order chi connectivity index (χ0) is 11.2. The molecule has 2 atom stereocenters. The molecule has 14 heavy (non-hydrogen) atoms. The number of hydrogen-bond donors (Lipinski definition) is 2. The SMILES string of the molecule is CCC(O)(CC)CNCC(C)S(C)=O. The lowest BCUT2D eigenvalue weighted by Crippen LogP contribution is -2.42. The van der Waals surface area contributed by atoms with Crippen molar-refractivity contribution in [1.29, 1.82) is 0 Å². The molecule has 0 spiro atoms. The summed E-state index contributed by atoms with van der Waals surface area (Å²) >= 11 is 0. The summed E-state index contributed by atoms with van der Waals surface area (Å²) in [5.41, 5.74) is -0.602. The lowest BCUT2D eigenvalue weighted by atomic mass is 9.98. The van der Waals surface area contributed by atoms with Crippen LogP contribution in [0.3, 0.4) is 0 Å². The summed E-state index contributed by atoms with van der Waals surface area (Å²) in [6.45, 7) is 7.19. The van der Waals surface area contributed by atoms with E-state index in [9.17, 15) is 9.32 Å². The van der Waals surface area contributed by atoms with E-state index in [0.717, 1.165) is 12.8 Å². The normalized spacial score (nSPS) is 16.6. The first-order valence-corrected chi connectivity index (χ1v) is 6.82. The minimum Gasteiger partial charge on any atom is -0.389 e. The minimum atomic E-state index is -0.787. The fourth-order valence-corrected chi connectivity index (χ4v) is 1.48. The maximum absolute atomic E-state index is 11.0. The Bertz CT molecular complexity index is 181. The van der Waals surface area contributed by atoms with Crippen molar-refractivity contribution in [2.24, 2.45) is 0 Å². The van der Waals surface area contributed by atoms with Gasteiger partial charge >= 0.3 is 0 Å². The summed E-state index contributed by atoms with van der Waals surface area (Å²) in [6, 6.07) is 0. The average Bonchev–Trinajstić information content (AvgIpc) is 2.17. The zero-order valence-electron chi connectivity index (χ0n) is 9.67. The van der Waals surface area contributed by atoms with Gasteiger partial charge in [-0.25, -0.2) is 0 Å². The molecule has 2 N–H and O–H groups in total. The number of hydrogen-bond acceptors (Lipinski definition) is 3. The Labute approximate surface area is 89.7 Å². The Kier molecular flexibility index (Phi) is 6.57. The maximum Gasteiger partial charge on any atom is 0.0766 e. The average molecular weight is 221 g/mol. The van der Waals surface area contributed by atoms with E-state index in [1.807, 2.05) is 20.8 Å². The standard InChI is InChI=1S/C10H23NO2S/c1-5-10(12,6-2)8-11-7-9(3)14(4)13/h9,11-12H,5-8H2,1-4H3. The molecule has 0 saturated heterocycles.